The van der Waals surface area contributed by atoms with Crippen LogP contribution in [-0.2, 0) is 4.79 Å². The van der Waals surface area contributed by atoms with Crippen molar-refractivity contribution in [2.24, 2.45) is 11.8 Å². The predicted molar refractivity (Wildman–Crippen MR) is 94.4 cm³/mol. The van der Waals surface area contributed by atoms with Gasteiger partial charge in [-0.25, -0.2) is 0 Å². The summed E-state index contributed by atoms with van der Waals surface area (Å²) in [5.41, 5.74) is 0.914. The van der Waals surface area contributed by atoms with Crippen molar-refractivity contribution in [1.29, 1.82) is 0 Å². The molecule has 1 atom stereocenters. The topological polar surface area (TPSA) is 79.5 Å². The van der Waals surface area contributed by atoms with Gasteiger partial charge in [-0.3, -0.25) is 9.59 Å². The van der Waals surface area contributed by atoms with Crippen LogP contribution >= 0.6 is 0 Å². The van der Waals surface area contributed by atoms with Gasteiger partial charge in [-0.1, -0.05) is 6.92 Å². The third-order valence-electron chi connectivity index (χ3n) is 4.67. The number of piperidine rings is 1. The number of nitrogens with one attached hydrogen (secondary N) is 3. The molecule has 1 unspecified atom stereocenters. The number of hydrogen-bond donors (Lipinski definition) is 3. The number of hydrogen-bond acceptors (Lipinski definition) is 4. The maximum absolute atomic E-state index is 12.4. The molecule has 6 heteroatoms. The number of carbonyl (C=O) groups excluding carboxylic acids is 2. The number of ether oxygens (including phenoxy) is 1. The number of benzene rings is 1. The van der Waals surface area contributed by atoms with Crippen LogP contribution in [0, 0.1) is 11.8 Å². The highest BCUT2D eigenvalue weighted by molar-refractivity contribution is 6.04. The molecule has 0 aromatic heterocycles. The molecule has 1 heterocycles. The average Bonchev–Trinajstić information content (AvgIpc) is 2.62. The Morgan fingerprint density at radius 2 is 2.04 bits per heavy atom. The van der Waals surface area contributed by atoms with Crippen LogP contribution in [0.3, 0.4) is 0 Å². The van der Waals surface area contributed by atoms with E-state index in [0.717, 1.165) is 25.9 Å². The zero-order valence-corrected chi connectivity index (χ0v) is 14.6. The van der Waals surface area contributed by atoms with Gasteiger partial charge in [-0.05, 0) is 56.0 Å². The van der Waals surface area contributed by atoms with Gasteiger partial charge in [-0.15, -0.1) is 0 Å². The lowest BCUT2D eigenvalue weighted by atomic mass is 9.84. The fourth-order valence-electron chi connectivity index (χ4n) is 3.16. The van der Waals surface area contributed by atoms with Crippen molar-refractivity contribution in [2.75, 3.05) is 32.6 Å². The Morgan fingerprint density at radius 3 is 2.67 bits per heavy atom. The quantitative estimate of drug-likeness (QED) is 0.744. The molecule has 0 radical (unpaired) electrons. The van der Waals surface area contributed by atoms with Crippen LogP contribution in [0.25, 0.3) is 0 Å². The monoisotopic (exact) mass is 333 g/mol. The van der Waals surface area contributed by atoms with Gasteiger partial charge in [0.15, 0.2) is 0 Å². The van der Waals surface area contributed by atoms with Crippen molar-refractivity contribution < 1.29 is 14.3 Å². The van der Waals surface area contributed by atoms with E-state index in [9.17, 15) is 9.59 Å². The Labute approximate surface area is 143 Å². The van der Waals surface area contributed by atoms with Crippen molar-refractivity contribution in [3.05, 3.63) is 23.8 Å². The first kappa shape index (κ1) is 18.3. The maximum atomic E-state index is 12.4. The van der Waals surface area contributed by atoms with E-state index in [2.05, 4.69) is 22.9 Å². The van der Waals surface area contributed by atoms with E-state index in [4.69, 9.17) is 4.74 Å². The average molecular weight is 333 g/mol. The number of amides is 2. The summed E-state index contributed by atoms with van der Waals surface area (Å²) in [6.07, 6.45) is 2.69. The molecular formula is C18H27N3O3. The first-order chi connectivity index (χ1) is 11.5. The standard InChI is InChI=1S/C18H27N3O3/c1-12(13-6-8-20-9-7-13)10-17(22)21-16-5-4-14(24-3)11-15(16)18(23)19-2/h4-5,11-13,20H,6-10H2,1-3H3,(H,19,23)(H,21,22). The van der Waals surface area contributed by atoms with Crippen LogP contribution in [0.5, 0.6) is 5.75 Å². The van der Waals surface area contributed by atoms with E-state index in [0.29, 0.717) is 35.3 Å². The Kier molecular flexibility index (Phi) is 6.61. The van der Waals surface area contributed by atoms with Crippen molar-refractivity contribution in [3.63, 3.8) is 0 Å². The predicted octanol–water partition coefficient (Wildman–Crippen LogP) is 2.02. The molecular weight excluding hydrogens is 306 g/mol. The third-order valence-corrected chi connectivity index (χ3v) is 4.67. The summed E-state index contributed by atoms with van der Waals surface area (Å²) in [7, 11) is 3.11. The minimum atomic E-state index is -0.254. The number of rotatable bonds is 6. The lowest BCUT2D eigenvalue weighted by Crippen LogP contribution is -2.32. The fourth-order valence-corrected chi connectivity index (χ4v) is 3.16. The highest BCUT2D eigenvalue weighted by Gasteiger charge is 2.22. The second kappa shape index (κ2) is 8.68. The molecule has 2 rings (SSSR count). The smallest absolute Gasteiger partial charge is 0.253 e. The summed E-state index contributed by atoms with van der Waals surface area (Å²) in [5.74, 6) is 1.17. The van der Waals surface area contributed by atoms with E-state index in [1.807, 2.05) is 0 Å². The first-order valence-electron chi connectivity index (χ1n) is 8.45. The zero-order chi connectivity index (χ0) is 17.5. The summed E-state index contributed by atoms with van der Waals surface area (Å²) >= 11 is 0. The van der Waals surface area contributed by atoms with Crippen LogP contribution < -0.4 is 20.7 Å². The molecule has 24 heavy (non-hydrogen) atoms. The van der Waals surface area contributed by atoms with Crippen LogP contribution in [0.2, 0.25) is 0 Å². The van der Waals surface area contributed by atoms with Gasteiger partial charge in [0, 0.05) is 13.5 Å². The number of anilines is 1. The molecule has 1 aromatic carbocycles. The highest BCUT2D eigenvalue weighted by atomic mass is 16.5. The molecule has 3 N–H and O–H groups in total. The zero-order valence-electron chi connectivity index (χ0n) is 14.6. The molecule has 1 aliphatic heterocycles. The second-order valence-electron chi connectivity index (χ2n) is 6.31. The van der Waals surface area contributed by atoms with Gasteiger partial charge >= 0.3 is 0 Å². The van der Waals surface area contributed by atoms with Gasteiger partial charge < -0.3 is 20.7 Å². The Bertz CT molecular complexity index is 583. The maximum Gasteiger partial charge on any atom is 0.253 e. The van der Waals surface area contributed by atoms with Gasteiger partial charge in [0.2, 0.25) is 5.91 Å². The summed E-state index contributed by atoms with van der Waals surface area (Å²) < 4.78 is 5.15. The molecule has 2 amide bonds. The number of methoxy groups -OCH3 is 1. The van der Waals surface area contributed by atoms with E-state index < -0.39 is 0 Å². The molecule has 0 spiro atoms. The van der Waals surface area contributed by atoms with Crippen LogP contribution in [0.15, 0.2) is 18.2 Å². The van der Waals surface area contributed by atoms with Crippen molar-refractivity contribution in [3.8, 4) is 5.75 Å². The van der Waals surface area contributed by atoms with E-state index in [1.165, 1.54) is 0 Å². The fraction of sp³-hybridized carbons (Fsp3) is 0.556. The molecule has 132 valence electrons. The van der Waals surface area contributed by atoms with Crippen molar-refractivity contribution >= 4 is 17.5 Å². The van der Waals surface area contributed by atoms with Gasteiger partial charge in [0.05, 0.1) is 18.4 Å². The normalized spacial score (nSPS) is 16.3. The molecule has 0 saturated carbocycles. The number of carbonyl (C=O) groups is 2. The molecule has 1 aliphatic rings. The van der Waals surface area contributed by atoms with Gasteiger partial charge in [0.1, 0.15) is 5.75 Å². The summed E-state index contributed by atoms with van der Waals surface area (Å²) in [6.45, 7) is 4.18. The molecule has 1 saturated heterocycles. The highest BCUT2D eigenvalue weighted by Crippen LogP contribution is 2.26. The Hall–Kier alpha value is -2.08. The van der Waals surface area contributed by atoms with Gasteiger partial charge in [-0.2, -0.15) is 0 Å². The summed E-state index contributed by atoms with van der Waals surface area (Å²) in [6, 6.07) is 5.07. The second-order valence-corrected chi connectivity index (χ2v) is 6.31. The third kappa shape index (κ3) is 4.71. The van der Waals surface area contributed by atoms with Gasteiger partial charge in [0.25, 0.3) is 5.91 Å². The minimum absolute atomic E-state index is 0.0589. The van der Waals surface area contributed by atoms with Crippen molar-refractivity contribution in [2.45, 2.75) is 26.2 Å². The van der Waals surface area contributed by atoms with Crippen LogP contribution in [0.4, 0.5) is 5.69 Å². The lowest BCUT2D eigenvalue weighted by molar-refractivity contribution is -0.117. The molecule has 1 aromatic rings. The van der Waals surface area contributed by atoms with Crippen molar-refractivity contribution in [1.82, 2.24) is 10.6 Å². The SMILES string of the molecule is CNC(=O)c1cc(OC)ccc1NC(=O)CC(C)C1CCNCC1. The molecule has 6 nitrogen and oxygen atoms in total. The summed E-state index contributed by atoms with van der Waals surface area (Å²) in [5, 5.41) is 8.81. The van der Waals surface area contributed by atoms with E-state index in [1.54, 1.807) is 32.4 Å². The van der Waals surface area contributed by atoms with E-state index in [-0.39, 0.29) is 11.8 Å². The molecule has 1 fully saturated rings. The lowest BCUT2D eigenvalue weighted by Gasteiger charge is -2.28. The first-order valence-corrected chi connectivity index (χ1v) is 8.45. The Balaban J connectivity index is 2.03. The largest absolute Gasteiger partial charge is 0.497 e. The van der Waals surface area contributed by atoms with Crippen LogP contribution in [-0.4, -0.2) is 39.1 Å². The molecule has 0 aliphatic carbocycles. The summed E-state index contributed by atoms with van der Waals surface area (Å²) in [4.78, 5) is 24.4. The van der Waals surface area contributed by atoms with E-state index >= 15 is 0 Å². The minimum Gasteiger partial charge on any atom is -0.497 e. The Morgan fingerprint density at radius 1 is 1.33 bits per heavy atom. The van der Waals surface area contributed by atoms with Crippen LogP contribution in [0.1, 0.15) is 36.5 Å². The molecule has 0 bridgehead atoms.